The van der Waals surface area contributed by atoms with E-state index in [1.165, 1.54) is 6.42 Å². The largest absolute Gasteiger partial charge is 0.494 e. The highest BCUT2D eigenvalue weighted by molar-refractivity contribution is 6.02. The SMILES string of the molecule is CCOc1ccc(NC(=O)[C@H]2[C@H]3C(=O)N(CCCCCO)C(C(=O)NC4CCCCC4)C34CC[C@]2(C)O4)cc1. The van der Waals surface area contributed by atoms with Gasteiger partial charge < -0.3 is 30.1 Å². The summed E-state index contributed by atoms with van der Waals surface area (Å²) < 4.78 is 12.2. The smallest absolute Gasteiger partial charge is 0.246 e. The number of aliphatic hydroxyl groups excluding tert-OH is 1. The van der Waals surface area contributed by atoms with E-state index in [0.29, 0.717) is 44.5 Å². The second-order valence-electron chi connectivity index (χ2n) is 11.8. The number of hydrogen-bond acceptors (Lipinski definition) is 6. The van der Waals surface area contributed by atoms with Crippen molar-refractivity contribution in [2.24, 2.45) is 11.8 Å². The minimum absolute atomic E-state index is 0.0986. The van der Waals surface area contributed by atoms with Crippen LogP contribution < -0.4 is 15.4 Å². The number of ether oxygens (including phenoxy) is 2. The van der Waals surface area contributed by atoms with Crippen molar-refractivity contribution in [3.63, 3.8) is 0 Å². The van der Waals surface area contributed by atoms with Crippen molar-refractivity contribution in [3.05, 3.63) is 24.3 Å². The number of aliphatic hydroxyl groups is 1. The minimum Gasteiger partial charge on any atom is -0.494 e. The molecule has 4 fully saturated rings. The third-order valence-corrected chi connectivity index (χ3v) is 9.25. The van der Waals surface area contributed by atoms with Crippen molar-refractivity contribution in [1.29, 1.82) is 0 Å². The fraction of sp³-hybridized carbons (Fsp3) is 0.700. The Kier molecular flexibility index (Phi) is 8.19. The Morgan fingerprint density at radius 3 is 2.51 bits per heavy atom. The van der Waals surface area contributed by atoms with Gasteiger partial charge in [-0.2, -0.15) is 0 Å². The van der Waals surface area contributed by atoms with Crippen LogP contribution in [-0.4, -0.2) is 70.8 Å². The predicted molar refractivity (Wildman–Crippen MR) is 146 cm³/mol. The molecule has 0 radical (unpaired) electrons. The molecular formula is C30H43N3O6. The number of likely N-dealkylation sites (tertiary alicyclic amines) is 1. The quantitative estimate of drug-likeness (QED) is 0.370. The van der Waals surface area contributed by atoms with E-state index in [4.69, 9.17) is 9.47 Å². The number of nitrogens with one attached hydrogen (secondary N) is 2. The van der Waals surface area contributed by atoms with E-state index in [1.54, 1.807) is 29.2 Å². The van der Waals surface area contributed by atoms with Gasteiger partial charge in [-0.05, 0) is 83.1 Å². The fourth-order valence-electron chi connectivity index (χ4n) is 7.49. The minimum atomic E-state index is -1.01. The zero-order valence-corrected chi connectivity index (χ0v) is 23.2. The van der Waals surface area contributed by atoms with Gasteiger partial charge in [0.25, 0.3) is 0 Å². The zero-order chi connectivity index (χ0) is 27.6. The van der Waals surface area contributed by atoms with E-state index >= 15 is 0 Å². The molecule has 1 aromatic rings. The third kappa shape index (κ3) is 5.15. The number of amides is 3. The first-order valence-electron chi connectivity index (χ1n) is 14.8. The molecule has 3 heterocycles. The molecule has 3 amide bonds. The Bertz CT molecular complexity index is 1060. The lowest BCUT2D eigenvalue weighted by Gasteiger charge is -2.35. The van der Waals surface area contributed by atoms with Crippen molar-refractivity contribution in [1.82, 2.24) is 10.2 Å². The van der Waals surface area contributed by atoms with E-state index in [9.17, 15) is 19.5 Å². The molecule has 3 aliphatic heterocycles. The average molecular weight is 542 g/mol. The Morgan fingerprint density at radius 2 is 1.82 bits per heavy atom. The number of fused-ring (bicyclic) bond motifs is 1. The van der Waals surface area contributed by atoms with Crippen LogP contribution in [-0.2, 0) is 19.1 Å². The molecule has 1 aliphatic carbocycles. The van der Waals surface area contributed by atoms with Crippen LogP contribution in [0.15, 0.2) is 24.3 Å². The molecule has 0 aromatic heterocycles. The fourth-order valence-corrected chi connectivity index (χ4v) is 7.49. The molecule has 9 heteroatoms. The lowest BCUT2D eigenvalue weighted by Crippen LogP contribution is -2.57. The summed E-state index contributed by atoms with van der Waals surface area (Å²) in [5.74, 6) is -1.26. The van der Waals surface area contributed by atoms with Crippen LogP contribution in [0.25, 0.3) is 0 Å². The monoisotopic (exact) mass is 541 g/mol. The number of unbranched alkanes of at least 4 members (excludes halogenated alkanes) is 2. The predicted octanol–water partition coefficient (Wildman–Crippen LogP) is 3.40. The normalized spacial score (nSPS) is 31.8. The van der Waals surface area contributed by atoms with Crippen LogP contribution in [0, 0.1) is 11.8 Å². The molecule has 3 saturated heterocycles. The third-order valence-electron chi connectivity index (χ3n) is 9.25. The summed E-state index contributed by atoms with van der Waals surface area (Å²) in [7, 11) is 0. The summed E-state index contributed by atoms with van der Waals surface area (Å²) in [4.78, 5) is 43.5. The van der Waals surface area contributed by atoms with Crippen molar-refractivity contribution in [2.75, 3.05) is 25.1 Å². The summed E-state index contributed by atoms with van der Waals surface area (Å²) in [6, 6.07) is 6.55. The standard InChI is InChI=1S/C30H43N3O6/c1-3-38-22-14-12-21(13-15-22)31-26(35)23-24-28(37)33(18-8-5-9-19-34)25(30(24)17-16-29(23,2)39-30)27(36)32-20-10-6-4-7-11-20/h12-15,20,23-25,34H,3-11,16-19H2,1-2H3,(H,31,35)(H,32,36)/t23-,24+,25?,29+,30?/m1/s1. The summed E-state index contributed by atoms with van der Waals surface area (Å²) in [6.07, 6.45) is 8.55. The Morgan fingerprint density at radius 1 is 1.08 bits per heavy atom. The van der Waals surface area contributed by atoms with Crippen LogP contribution in [0.3, 0.4) is 0 Å². The maximum atomic E-state index is 14.1. The molecule has 1 saturated carbocycles. The summed E-state index contributed by atoms with van der Waals surface area (Å²) >= 11 is 0. The highest BCUT2D eigenvalue weighted by atomic mass is 16.5. The van der Waals surface area contributed by atoms with Crippen LogP contribution in [0.4, 0.5) is 5.69 Å². The van der Waals surface area contributed by atoms with Gasteiger partial charge in [0.05, 0.1) is 24.0 Å². The summed E-state index contributed by atoms with van der Waals surface area (Å²) in [5.41, 5.74) is -1.20. The molecule has 214 valence electrons. The molecular weight excluding hydrogens is 498 g/mol. The number of carbonyl (C=O) groups is 3. The average Bonchev–Trinajstić information content (AvgIpc) is 3.49. The van der Waals surface area contributed by atoms with Gasteiger partial charge in [0.1, 0.15) is 17.4 Å². The van der Waals surface area contributed by atoms with Gasteiger partial charge in [0.2, 0.25) is 17.7 Å². The van der Waals surface area contributed by atoms with E-state index in [1.807, 2.05) is 13.8 Å². The first-order chi connectivity index (χ1) is 18.8. The molecule has 5 rings (SSSR count). The first-order valence-corrected chi connectivity index (χ1v) is 14.8. The number of nitrogens with zero attached hydrogens (tertiary/aromatic N) is 1. The summed E-state index contributed by atoms with van der Waals surface area (Å²) in [5, 5.41) is 15.5. The van der Waals surface area contributed by atoms with Gasteiger partial charge in [-0.3, -0.25) is 14.4 Å². The maximum absolute atomic E-state index is 14.1. The number of hydrogen-bond donors (Lipinski definition) is 3. The molecule has 1 aromatic carbocycles. The highest BCUT2D eigenvalue weighted by Crippen LogP contribution is 2.63. The molecule has 1 spiro atoms. The van der Waals surface area contributed by atoms with E-state index in [-0.39, 0.29) is 30.4 Å². The van der Waals surface area contributed by atoms with Crippen LogP contribution >= 0.6 is 0 Å². The van der Waals surface area contributed by atoms with Crippen LogP contribution in [0.1, 0.15) is 78.1 Å². The van der Waals surface area contributed by atoms with Crippen molar-refractivity contribution in [3.8, 4) is 5.75 Å². The van der Waals surface area contributed by atoms with Gasteiger partial charge in [0, 0.05) is 24.9 Å². The Labute approximate surface area is 231 Å². The first kappa shape index (κ1) is 27.9. The van der Waals surface area contributed by atoms with Crippen LogP contribution in [0.5, 0.6) is 5.75 Å². The Balaban J connectivity index is 1.40. The van der Waals surface area contributed by atoms with Crippen molar-refractivity contribution >= 4 is 23.4 Å². The number of benzene rings is 1. The van der Waals surface area contributed by atoms with E-state index in [2.05, 4.69) is 10.6 Å². The summed E-state index contributed by atoms with van der Waals surface area (Å²) in [6.45, 7) is 4.89. The van der Waals surface area contributed by atoms with Crippen molar-refractivity contribution in [2.45, 2.75) is 101 Å². The van der Waals surface area contributed by atoms with Crippen molar-refractivity contribution < 1.29 is 29.0 Å². The van der Waals surface area contributed by atoms with Gasteiger partial charge in [-0.1, -0.05) is 19.3 Å². The van der Waals surface area contributed by atoms with Gasteiger partial charge in [-0.25, -0.2) is 0 Å². The molecule has 3 N–H and O–H groups in total. The van der Waals surface area contributed by atoms with Gasteiger partial charge >= 0.3 is 0 Å². The van der Waals surface area contributed by atoms with Gasteiger partial charge in [-0.15, -0.1) is 0 Å². The number of anilines is 1. The topological polar surface area (TPSA) is 117 Å². The van der Waals surface area contributed by atoms with Crippen LogP contribution in [0.2, 0.25) is 0 Å². The molecule has 4 aliphatic rings. The zero-order valence-electron chi connectivity index (χ0n) is 23.2. The number of rotatable bonds is 11. The molecule has 9 nitrogen and oxygen atoms in total. The molecule has 2 bridgehead atoms. The number of carbonyl (C=O) groups excluding carboxylic acids is 3. The second kappa shape index (κ2) is 11.5. The lowest BCUT2D eigenvalue weighted by atomic mass is 9.66. The van der Waals surface area contributed by atoms with E-state index < -0.39 is 29.1 Å². The van der Waals surface area contributed by atoms with Gasteiger partial charge in [0.15, 0.2) is 0 Å². The maximum Gasteiger partial charge on any atom is 0.246 e. The molecule has 39 heavy (non-hydrogen) atoms. The Hall–Kier alpha value is -2.65. The molecule has 2 unspecified atom stereocenters. The highest BCUT2D eigenvalue weighted by Gasteiger charge is 2.77. The molecule has 5 atom stereocenters. The van der Waals surface area contributed by atoms with E-state index in [0.717, 1.165) is 37.9 Å². The second-order valence-corrected chi connectivity index (χ2v) is 11.8. The lowest BCUT2D eigenvalue weighted by molar-refractivity contribution is -0.145.